The Bertz CT molecular complexity index is 885. The fraction of sp³-hybridized carbons (Fsp3) is 0.143. The van der Waals surface area contributed by atoms with Crippen LogP contribution in [0.3, 0.4) is 0 Å². The molecule has 6 heteroatoms. The molecule has 0 spiro atoms. The van der Waals surface area contributed by atoms with Crippen LogP contribution in [0.2, 0.25) is 0 Å². The maximum Gasteiger partial charge on any atom is 0.276 e. The molecule has 0 aliphatic rings. The summed E-state index contributed by atoms with van der Waals surface area (Å²) in [5.74, 6) is -0.339. The van der Waals surface area contributed by atoms with Crippen molar-refractivity contribution in [2.75, 3.05) is 5.32 Å². The Morgan fingerprint density at radius 2 is 1.67 bits per heavy atom. The summed E-state index contributed by atoms with van der Waals surface area (Å²) < 4.78 is 0. The van der Waals surface area contributed by atoms with Gasteiger partial charge in [-0.15, -0.1) is 0 Å². The minimum absolute atomic E-state index is 0.0742. The van der Waals surface area contributed by atoms with Crippen LogP contribution in [0.4, 0.5) is 5.69 Å². The van der Waals surface area contributed by atoms with Gasteiger partial charge >= 0.3 is 0 Å². The number of carbonyl (C=O) groups is 1. The van der Waals surface area contributed by atoms with Crippen LogP contribution >= 0.6 is 0 Å². The van der Waals surface area contributed by atoms with E-state index >= 15 is 0 Å². The number of pyridine rings is 1. The Morgan fingerprint density at radius 3 is 2.44 bits per heavy atom. The van der Waals surface area contributed by atoms with Crippen molar-refractivity contribution in [3.63, 3.8) is 0 Å². The number of aliphatic hydroxyl groups is 1. The number of rotatable bonds is 8. The number of hydrogen-bond donors (Lipinski definition) is 3. The van der Waals surface area contributed by atoms with E-state index in [1.807, 2.05) is 48.5 Å². The van der Waals surface area contributed by atoms with Gasteiger partial charge < -0.3 is 10.4 Å². The molecule has 0 bridgehead atoms. The maximum absolute atomic E-state index is 12.5. The maximum atomic E-state index is 12.5. The van der Waals surface area contributed by atoms with E-state index in [4.69, 9.17) is 4.84 Å². The highest BCUT2D eigenvalue weighted by molar-refractivity contribution is 5.98. The van der Waals surface area contributed by atoms with Crippen molar-refractivity contribution in [1.82, 2.24) is 10.5 Å². The third-order valence-electron chi connectivity index (χ3n) is 4.09. The molecule has 138 valence electrons. The van der Waals surface area contributed by atoms with Crippen molar-refractivity contribution >= 4 is 11.6 Å². The van der Waals surface area contributed by atoms with Crippen LogP contribution in [-0.2, 0) is 24.6 Å². The summed E-state index contributed by atoms with van der Waals surface area (Å²) in [6.07, 6.45) is 3.46. The number of anilines is 1. The van der Waals surface area contributed by atoms with Crippen LogP contribution in [0.25, 0.3) is 0 Å². The van der Waals surface area contributed by atoms with E-state index in [2.05, 4.69) is 15.8 Å². The molecule has 0 radical (unpaired) electrons. The Balaban J connectivity index is 1.59. The van der Waals surface area contributed by atoms with E-state index in [9.17, 15) is 9.90 Å². The molecule has 0 fully saturated rings. The number of benzene rings is 2. The Hall–Kier alpha value is -3.22. The summed E-state index contributed by atoms with van der Waals surface area (Å²) in [4.78, 5) is 21.8. The van der Waals surface area contributed by atoms with Crippen LogP contribution in [0.5, 0.6) is 0 Å². The van der Waals surface area contributed by atoms with E-state index in [1.54, 1.807) is 24.5 Å². The molecule has 3 aromatic rings. The Morgan fingerprint density at radius 1 is 0.963 bits per heavy atom. The van der Waals surface area contributed by atoms with Crippen LogP contribution in [-0.4, -0.2) is 16.0 Å². The third-order valence-corrected chi connectivity index (χ3v) is 4.09. The first-order valence-corrected chi connectivity index (χ1v) is 8.59. The number of carbonyl (C=O) groups excluding carboxylic acids is 1. The molecule has 0 aliphatic carbocycles. The zero-order valence-electron chi connectivity index (χ0n) is 14.8. The second-order valence-electron chi connectivity index (χ2n) is 5.90. The van der Waals surface area contributed by atoms with Crippen molar-refractivity contribution in [2.24, 2.45) is 0 Å². The number of nitrogens with one attached hydrogen (secondary N) is 2. The first kappa shape index (κ1) is 18.6. The summed E-state index contributed by atoms with van der Waals surface area (Å²) in [7, 11) is 0. The van der Waals surface area contributed by atoms with Crippen molar-refractivity contribution in [3.05, 3.63) is 95.3 Å². The number of para-hydroxylation sites is 1. The largest absolute Gasteiger partial charge is 0.392 e. The van der Waals surface area contributed by atoms with Crippen molar-refractivity contribution in [2.45, 2.75) is 19.8 Å². The van der Waals surface area contributed by atoms with Gasteiger partial charge in [-0.3, -0.25) is 14.6 Å². The Labute approximate surface area is 157 Å². The van der Waals surface area contributed by atoms with Gasteiger partial charge in [-0.05, 0) is 41.0 Å². The summed E-state index contributed by atoms with van der Waals surface area (Å²) in [6.45, 7) is 0.682. The molecule has 1 amide bonds. The second-order valence-corrected chi connectivity index (χ2v) is 5.90. The first-order valence-electron chi connectivity index (χ1n) is 8.59. The molecule has 3 rings (SSSR count). The normalized spacial score (nSPS) is 10.4. The minimum atomic E-state index is -0.339. The van der Waals surface area contributed by atoms with Gasteiger partial charge in [-0.25, -0.2) is 5.48 Å². The lowest BCUT2D eigenvalue weighted by molar-refractivity contribution is 0.0229. The van der Waals surface area contributed by atoms with E-state index in [0.29, 0.717) is 17.8 Å². The zero-order valence-corrected chi connectivity index (χ0v) is 14.8. The molecule has 6 nitrogen and oxygen atoms in total. The van der Waals surface area contributed by atoms with Crippen LogP contribution in [0.15, 0.2) is 73.1 Å². The molecule has 0 unspecified atom stereocenters. The molecule has 1 heterocycles. The highest BCUT2D eigenvalue weighted by Gasteiger charge is 2.11. The quantitative estimate of drug-likeness (QED) is 0.536. The van der Waals surface area contributed by atoms with E-state index < -0.39 is 0 Å². The smallest absolute Gasteiger partial charge is 0.276 e. The predicted molar refractivity (Wildman–Crippen MR) is 103 cm³/mol. The Kier molecular flexibility index (Phi) is 6.51. The molecule has 0 atom stereocenters. The lowest BCUT2D eigenvalue weighted by Crippen LogP contribution is -2.24. The fourth-order valence-corrected chi connectivity index (χ4v) is 2.62. The molecule has 1 aromatic heterocycles. The monoisotopic (exact) mass is 363 g/mol. The summed E-state index contributed by atoms with van der Waals surface area (Å²) in [6, 6.07) is 18.4. The summed E-state index contributed by atoms with van der Waals surface area (Å²) in [5.41, 5.74) is 6.33. The van der Waals surface area contributed by atoms with Crippen LogP contribution in [0, 0.1) is 0 Å². The van der Waals surface area contributed by atoms with Gasteiger partial charge in [0.2, 0.25) is 0 Å². The van der Waals surface area contributed by atoms with E-state index in [1.165, 1.54) is 0 Å². The SMILES string of the molecule is O=C(NOCc1ccccc1CO)c1ccccc1NCc1ccncc1. The molecule has 3 N–H and O–H groups in total. The number of aromatic nitrogens is 1. The lowest BCUT2D eigenvalue weighted by atomic mass is 10.1. The number of hydroxylamine groups is 1. The number of hydrogen-bond acceptors (Lipinski definition) is 5. The first-order chi connectivity index (χ1) is 13.3. The average molecular weight is 363 g/mol. The van der Waals surface area contributed by atoms with Gasteiger partial charge in [0.1, 0.15) is 6.61 Å². The summed E-state index contributed by atoms with van der Waals surface area (Å²) in [5, 5.41) is 12.6. The van der Waals surface area contributed by atoms with Crippen molar-refractivity contribution in [3.8, 4) is 0 Å². The molecule has 27 heavy (non-hydrogen) atoms. The molecular formula is C21H21N3O3. The van der Waals surface area contributed by atoms with Crippen LogP contribution < -0.4 is 10.8 Å². The average Bonchev–Trinajstić information content (AvgIpc) is 2.73. The fourth-order valence-electron chi connectivity index (χ4n) is 2.62. The topological polar surface area (TPSA) is 83.5 Å². The van der Waals surface area contributed by atoms with Gasteiger partial charge in [0.25, 0.3) is 5.91 Å². The van der Waals surface area contributed by atoms with Gasteiger partial charge in [-0.2, -0.15) is 0 Å². The molecule has 0 aliphatic heterocycles. The van der Waals surface area contributed by atoms with Gasteiger partial charge in [-0.1, -0.05) is 36.4 Å². The highest BCUT2D eigenvalue weighted by Crippen LogP contribution is 2.16. The van der Waals surface area contributed by atoms with Gasteiger partial charge in [0.05, 0.1) is 12.2 Å². The number of aliphatic hydroxyl groups excluding tert-OH is 1. The molecule has 0 saturated carbocycles. The molecule has 2 aromatic carbocycles. The molecule has 0 saturated heterocycles. The summed E-state index contributed by atoms with van der Waals surface area (Å²) >= 11 is 0. The van der Waals surface area contributed by atoms with Crippen LogP contribution in [0.1, 0.15) is 27.0 Å². The van der Waals surface area contributed by atoms with E-state index in [-0.39, 0.29) is 19.1 Å². The minimum Gasteiger partial charge on any atom is -0.392 e. The molecular weight excluding hydrogens is 342 g/mol. The lowest BCUT2D eigenvalue weighted by Gasteiger charge is -2.13. The van der Waals surface area contributed by atoms with Gasteiger partial charge in [0.15, 0.2) is 0 Å². The van der Waals surface area contributed by atoms with Gasteiger partial charge in [0, 0.05) is 24.6 Å². The van der Waals surface area contributed by atoms with E-state index in [0.717, 1.165) is 16.7 Å². The number of amides is 1. The number of nitrogens with zero attached hydrogens (tertiary/aromatic N) is 1. The highest BCUT2D eigenvalue weighted by atomic mass is 16.6. The zero-order chi connectivity index (χ0) is 18.9. The third kappa shape index (κ3) is 5.13. The van der Waals surface area contributed by atoms with Crippen molar-refractivity contribution < 1.29 is 14.7 Å². The van der Waals surface area contributed by atoms with Crippen molar-refractivity contribution in [1.29, 1.82) is 0 Å². The second kappa shape index (κ2) is 9.47. The predicted octanol–water partition coefficient (Wildman–Crippen LogP) is 3.05. The standard InChI is InChI=1S/C21H21N3O3/c25-14-17-5-1-2-6-18(17)15-27-24-21(26)19-7-3-4-8-20(19)23-13-16-9-11-22-12-10-16/h1-12,23,25H,13-15H2,(H,24,26).